The standard InChI is InChI=1S/C11H21NO/c1-2-12-9-11-5-3-10(4-6-11)7-8-13/h8,10-12H,2-7,9H2,1H3. The van der Waals surface area contributed by atoms with E-state index >= 15 is 0 Å². The van der Waals surface area contributed by atoms with Gasteiger partial charge in [0.15, 0.2) is 0 Å². The average molecular weight is 183 g/mol. The van der Waals surface area contributed by atoms with E-state index in [1.165, 1.54) is 32.2 Å². The molecular weight excluding hydrogens is 162 g/mol. The van der Waals surface area contributed by atoms with E-state index in [-0.39, 0.29) is 0 Å². The summed E-state index contributed by atoms with van der Waals surface area (Å²) in [6, 6.07) is 0. The summed E-state index contributed by atoms with van der Waals surface area (Å²) < 4.78 is 0. The van der Waals surface area contributed by atoms with E-state index in [2.05, 4.69) is 12.2 Å². The normalized spacial score (nSPS) is 28.7. The lowest BCUT2D eigenvalue weighted by atomic mass is 9.81. The van der Waals surface area contributed by atoms with Crippen molar-refractivity contribution in [2.75, 3.05) is 13.1 Å². The highest BCUT2D eigenvalue weighted by Crippen LogP contribution is 2.29. The Morgan fingerprint density at radius 3 is 2.38 bits per heavy atom. The molecule has 0 aromatic carbocycles. The molecule has 0 radical (unpaired) electrons. The lowest BCUT2D eigenvalue weighted by molar-refractivity contribution is -0.108. The van der Waals surface area contributed by atoms with Crippen LogP contribution in [0.4, 0.5) is 0 Å². The zero-order valence-corrected chi connectivity index (χ0v) is 8.59. The quantitative estimate of drug-likeness (QED) is 0.660. The molecule has 0 atom stereocenters. The highest BCUT2D eigenvalue weighted by Gasteiger charge is 2.19. The maximum Gasteiger partial charge on any atom is 0.120 e. The second-order valence-electron chi connectivity index (χ2n) is 4.10. The van der Waals surface area contributed by atoms with E-state index in [4.69, 9.17) is 0 Å². The van der Waals surface area contributed by atoms with E-state index in [1.807, 2.05) is 0 Å². The number of hydrogen-bond donors (Lipinski definition) is 1. The van der Waals surface area contributed by atoms with Crippen LogP contribution in [0.2, 0.25) is 0 Å². The van der Waals surface area contributed by atoms with Gasteiger partial charge in [-0.3, -0.25) is 0 Å². The average Bonchev–Trinajstić information content (AvgIpc) is 2.17. The number of carbonyl (C=O) groups excluding carboxylic acids is 1. The van der Waals surface area contributed by atoms with Crippen LogP contribution in [0, 0.1) is 11.8 Å². The van der Waals surface area contributed by atoms with E-state index in [0.717, 1.165) is 25.2 Å². The zero-order chi connectivity index (χ0) is 9.52. The predicted molar refractivity (Wildman–Crippen MR) is 54.7 cm³/mol. The maximum absolute atomic E-state index is 10.3. The fourth-order valence-corrected chi connectivity index (χ4v) is 2.16. The van der Waals surface area contributed by atoms with Gasteiger partial charge in [-0.25, -0.2) is 0 Å². The Balaban J connectivity index is 2.11. The van der Waals surface area contributed by atoms with E-state index in [9.17, 15) is 4.79 Å². The summed E-state index contributed by atoms with van der Waals surface area (Å²) in [6.07, 6.45) is 7.00. The van der Waals surface area contributed by atoms with Gasteiger partial charge in [-0.15, -0.1) is 0 Å². The fourth-order valence-electron chi connectivity index (χ4n) is 2.16. The molecule has 0 spiro atoms. The zero-order valence-electron chi connectivity index (χ0n) is 8.59. The molecule has 0 saturated heterocycles. The molecule has 76 valence electrons. The summed E-state index contributed by atoms with van der Waals surface area (Å²) in [5.74, 6) is 1.55. The van der Waals surface area contributed by atoms with Crippen molar-refractivity contribution in [3.8, 4) is 0 Å². The molecule has 1 aliphatic rings. The molecule has 0 amide bonds. The number of rotatable bonds is 5. The topological polar surface area (TPSA) is 29.1 Å². The number of hydrogen-bond acceptors (Lipinski definition) is 2. The molecule has 1 saturated carbocycles. The molecule has 13 heavy (non-hydrogen) atoms. The molecule has 1 rings (SSSR count). The number of aldehydes is 1. The molecule has 2 heteroatoms. The van der Waals surface area contributed by atoms with E-state index in [0.29, 0.717) is 5.92 Å². The largest absolute Gasteiger partial charge is 0.317 e. The van der Waals surface area contributed by atoms with Crippen molar-refractivity contribution in [2.24, 2.45) is 11.8 Å². The summed E-state index contributed by atoms with van der Waals surface area (Å²) >= 11 is 0. The minimum absolute atomic E-state index is 0.690. The Morgan fingerprint density at radius 1 is 1.23 bits per heavy atom. The van der Waals surface area contributed by atoms with Gasteiger partial charge < -0.3 is 10.1 Å². The molecule has 0 bridgehead atoms. The summed E-state index contributed by atoms with van der Waals surface area (Å²) in [6.45, 7) is 4.40. The van der Waals surface area contributed by atoms with Gasteiger partial charge >= 0.3 is 0 Å². The Morgan fingerprint density at radius 2 is 1.85 bits per heavy atom. The van der Waals surface area contributed by atoms with Crippen LogP contribution in [0.25, 0.3) is 0 Å². The minimum Gasteiger partial charge on any atom is -0.317 e. The van der Waals surface area contributed by atoms with Crippen molar-refractivity contribution < 1.29 is 4.79 Å². The molecule has 1 aliphatic carbocycles. The Labute approximate surface area is 81.1 Å². The first kappa shape index (κ1) is 10.7. The van der Waals surface area contributed by atoms with Crippen LogP contribution in [0.3, 0.4) is 0 Å². The summed E-state index contributed by atoms with van der Waals surface area (Å²) in [7, 11) is 0. The van der Waals surface area contributed by atoms with Gasteiger partial charge in [0, 0.05) is 6.42 Å². The van der Waals surface area contributed by atoms with Crippen molar-refractivity contribution >= 4 is 6.29 Å². The van der Waals surface area contributed by atoms with Crippen LogP contribution >= 0.6 is 0 Å². The fraction of sp³-hybridized carbons (Fsp3) is 0.909. The first-order valence-electron chi connectivity index (χ1n) is 5.51. The first-order chi connectivity index (χ1) is 6.36. The second kappa shape index (κ2) is 6.14. The van der Waals surface area contributed by atoms with E-state index in [1.54, 1.807) is 0 Å². The van der Waals surface area contributed by atoms with E-state index < -0.39 is 0 Å². The van der Waals surface area contributed by atoms with Crippen LogP contribution in [0.1, 0.15) is 39.0 Å². The molecule has 0 heterocycles. The molecular formula is C11H21NO. The molecule has 0 unspecified atom stereocenters. The van der Waals surface area contributed by atoms with Crippen LogP contribution < -0.4 is 5.32 Å². The van der Waals surface area contributed by atoms with Crippen LogP contribution in [-0.4, -0.2) is 19.4 Å². The third-order valence-electron chi connectivity index (χ3n) is 3.08. The van der Waals surface area contributed by atoms with Crippen molar-refractivity contribution in [3.63, 3.8) is 0 Å². The first-order valence-corrected chi connectivity index (χ1v) is 5.51. The van der Waals surface area contributed by atoms with Gasteiger partial charge in [0.05, 0.1) is 0 Å². The molecule has 0 aromatic heterocycles. The highest BCUT2D eigenvalue weighted by molar-refractivity contribution is 5.49. The molecule has 1 N–H and O–H groups in total. The number of nitrogens with one attached hydrogen (secondary N) is 1. The second-order valence-corrected chi connectivity index (χ2v) is 4.10. The predicted octanol–water partition coefficient (Wildman–Crippen LogP) is 1.99. The monoisotopic (exact) mass is 183 g/mol. The van der Waals surface area contributed by atoms with Gasteiger partial charge in [0.1, 0.15) is 6.29 Å². The van der Waals surface area contributed by atoms with Crippen LogP contribution in [0.5, 0.6) is 0 Å². The third-order valence-corrected chi connectivity index (χ3v) is 3.08. The van der Waals surface area contributed by atoms with Crippen LogP contribution in [0.15, 0.2) is 0 Å². The van der Waals surface area contributed by atoms with Gasteiger partial charge in [0.25, 0.3) is 0 Å². The Bertz CT molecular complexity index is 139. The summed E-state index contributed by atoms with van der Waals surface area (Å²) in [5.41, 5.74) is 0. The van der Waals surface area contributed by atoms with Crippen molar-refractivity contribution in [1.29, 1.82) is 0 Å². The lowest BCUT2D eigenvalue weighted by Crippen LogP contribution is -2.26. The highest BCUT2D eigenvalue weighted by atomic mass is 16.1. The maximum atomic E-state index is 10.3. The lowest BCUT2D eigenvalue weighted by Gasteiger charge is -2.27. The van der Waals surface area contributed by atoms with Gasteiger partial charge in [-0.2, -0.15) is 0 Å². The smallest absolute Gasteiger partial charge is 0.120 e. The minimum atomic E-state index is 0.690. The Kier molecular flexibility index (Phi) is 5.06. The number of carbonyl (C=O) groups is 1. The van der Waals surface area contributed by atoms with Crippen LogP contribution in [-0.2, 0) is 4.79 Å². The van der Waals surface area contributed by atoms with Gasteiger partial charge in [0.2, 0.25) is 0 Å². The molecule has 1 fully saturated rings. The van der Waals surface area contributed by atoms with Crippen molar-refractivity contribution in [2.45, 2.75) is 39.0 Å². The summed E-state index contributed by atoms with van der Waals surface area (Å²) in [5, 5.41) is 3.40. The van der Waals surface area contributed by atoms with Crippen molar-refractivity contribution in [3.05, 3.63) is 0 Å². The van der Waals surface area contributed by atoms with Gasteiger partial charge in [-0.1, -0.05) is 6.92 Å². The summed E-state index contributed by atoms with van der Waals surface area (Å²) in [4.78, 5) is 10.3. The third kappa shape index (κ3) is 3.90. The Hall–Kier alpha value is -0.370. The molecule has 2 nitrogen and oxygen atoms in total. The molecule has 0 aliphatic heterocycles. The van der Waals surface area contributed by atoms with Gasteiger partial charge in [-0.05, 0) is 50.6 Å². The SMILES string of the molecule is CCNCC1CCC(CC=O)CC1. The molecule has 0 aromatic rings. The van der Waals surface area contributed by atoms with Crippen molar-refractivity contribution in [1.82, 2.24) is 5.32 Å².